The Balaban J connectivity index is 0.000000639. The van der Waals surface area contributed by atoms with Gasteiger partial charge in [-0.25, -0.2) is 0 Å². The SMILES string of the molecule is C=CC(C)C(/C=C\C)=C\C=C\Cc1ccc(-c2ccc(-c3ccc4c(c3)c3c(/C=C\C)c(C)ccc3n4-c3ccccc3)cc2)cc1.Cc1ccccc1. The lowest BCUT2D eigenvalue weighted by Crippen LogP contribution is -1.93. The molecule has 0 bridgehead atoms. The normalized spacial score (nSPS) is 12.5. The highest BCUT2D eigenvalue weighted by atomic mass is 15.0. The van der Waals surface area contributed by atoms with Crippen LogP contribution in [-0.4, -0.2) is 4.57 Å². The molecule has 1 atom stereocenters. The molecule has 0 aliphatic carbocycles. The van der Waals surface area contributed by atoms with E-state index in [1.807, 2.05) is 24.3 Å². The number of rotatable bonds is 10. The molecular formula is C53H51N. The molecular weight excluding hydrogens is 651 g/mol. The van der Waals surface area contributed by atoms with E-state index in [1.54, 1.807) is 0 Å². The van der Waals surface area contributed by atoms with Gasteiger partial charge in [0.15, 0.2) is 0 Å². The number of hydrogen-bond donors (Lipinski definition) is 0. The second-order valence-corrected chi connectivity index (χ2v) is 13.8. The topological polar surface area (TPSA) is 4.93 Å². The van der Waals surface area contributed by atoms with Crippen molar-refractivity contribution in [1.29, 1.82) is 0 Å². The van der Waals surface area contributed by atoms with Crippen molar-refractivity contribution < 1.29 is 0 Å². The summed E-state index contributed by atoms with van der Waals surface area (Å²) in [5.74, 6) is 0.339. The number of fused-ring (bicyclic) bond motifs is 3. The summed E-state index contributed by atoms with van der Waals surface area (Å²) in [4.78, 5) is 0. The molecule has 0 N–H and O–H groups in total. The molecule has 0 saturated heterocycles. The van der Waals surface area contributed by atoms with E-state index in [2.05, 4.69) is 210 Å². The minimum absolute atomic E-state index is 0.339. The van der Waals surface area contributed by atoms with Crippen LogP contribution in [-0.2, 0) is 6.42 Å². The average molecular weight is 702 g/mol. The fraction of sp³-hybridized carbons (Fsp3) is 0.132. The zero-order valence-corrected chi connectivity index (χ0v) is 32.3. The second-order valence-electron chi connectivity index (χ2n) is 13.8. The maximum absolute atomic E-state index is 3.93. The Labute approximate surface area is 322 Å². The first-order chi connectivity index (χ1) is 26.4. The minimum atomic E-state index is 0.339. The van der Waals surface area contributed by atoms with Gasteiger partial charge >= 0.3 is 0 Å². The van der Waals surface area contributed by atoms with Crippen molar-refractivity contribution in [2.75, 3.05) is 0 Å². The summed E-state index contributed by atoms with van der Waals surface area (Å²) in [6.45, 7) is 14.5. The van der Waals surface area contributed by atoms with Crippen LogP contribution >= 0.6 is 0 Å². The van der Waals surface area contributed by atoms with Crippen molar-refractivity contribution >= 4 is 27.9 Å². The maximum Gasteiger partial charge on any atom is 0.0547 e. The van der Waals surface area contributed by atoms with E-state index in [-0.39, 0.29) is 0 Å². The summed E-state index contributed by atoms with van der Waals surface area (Å²) in [5.41, 5.74) is 15.0. The maximum atomic E-state index is 3.93. The summed E-state index contributed by atoms with van der Waals surface area (Å²) in [6, 6.07) is 50.3. The summed E-state index contributed by atoms with van der Waals surface area (Å²) < 4.78 is 2.39. The van der Waals surface area contributed by atoms with E-state index < -0.39 is 0 Å². The van der Waals surface area contributed by atoms with Crippen LogP contribution in [0.1, 0.15) is 43.0 Å². The van der Waals surface area contributed by atoms with Gasteiger partial charge in [0.05, 0.1) is 11.0 Å². The molecule has 7 rings (SSSR count). The van der Waals surface area contributed by atoms with Crippen LogP contribution in [0.3, 0.4) is 0 Å². The van der Waals surface area contributed by atoms with Crippen LogP contribution in [0, 0.1) is 19.8 Å². The van der Waals surface area contributed by atoms with E-state index in [0.29, 0.717) is 5.92 Å². The Morgan fingerprint density at radius 3 is 1.85 bits per heavy atom. The molecule has 0 spiro atoms. The number of aryl methyl sites for hydroxylation is 2. The summed E-state index contributed by atoms with van der Waals surface area (Å²) >= 11 is 0. The quantitative estimate of drug-likeness (QED) is 0.0988. The molecule has 0 radical (unpaired) electrons. The molecule has 1 unspecified atom stereocenters. The van der Waals surface area contributed by atoms with Crippen molar-refractivity contribution in [3.8, 4) is 27.9 Å². The predicted molar refractivity (Wildman–Crippen MR) is 237 cm³/mol. The Kier molecular flexibility index (Phi) is 12.6. The standard InChI is InChI=1S/C46H43N.C7H8/c1-6-14-36(33(4)8-3)17-13-12-16-35-21-23-37(24-22-35)38-25-27-39(28-26-38)40-29-31-44-43(32-40)46-42(15-7-2)34(5)20-30-45(46)47(44)41-18-10-9-11-19-41;1-7-5-3-2-4-6-7/h6-15,17-33H,3,16H2,1-2,4-5H3;2-6H,1H3/b13-12+,14-6-,15-7-,36-17-;. The van der Waals surface area contributed by atoms with Crippen LogP contribution in [0.15, 0.2) is 194 Å². The van der Waals surface area contributed by atoms with Crippen molar-refractivity contribution in [2.24, 2.45) is 5.92 Å². The molecule has 1 aromatic heterocycles. The van der Waals surface area contributed by atoms with E-state index in [4.69, 9.17) is 0 Å². The van der Waals surface area contributed by atoms with Gasteiger partial charge in [0.25, 0.3) is 0 Å². The largest absolute Gasteiger partial charge is 0.309 e. The third kappa shape index (κ3) is 8.71. The average Bonchev–Trinajstić information content (AvgIpc) is 3.55. The Bertz CT molecular complexity index is 2430. The summed E-state index contributed by atoms with van der Waals surface area (Å²) in [7, 11) is 0. The zero-order valence-electron chi connectivity index (χ0n) is 32.3. The lowest BCUT2D eigenvalue weighted by Gasteiger charge is -2.09. The molecule has 1 heterocycles. The first-order valence-corrected chi connectivity index (χ1v) is 19.0. The first-order valence-electron chi connectivity index (χ1n) is 19.0. The van der Waals surface area contributed by atoms with E-state index in [9.17, 15) is 0 Å². The molecule has 0 saturated carbocycles. The van der Waals surface area contributed by atoms with Crippen LogP contribution in [0.2, 0.25) is 0 Å². The number of allylic oxidation sites excluding steroid dienone is 8. The van der Waals surface area contributed by atoms with Crippen LogP contribution in [0.25, 0.3) is 55.8 Å². The fourth-order valence-corrected chi connectivity index (χ4v) is 6.95. The Morgan fingerprint density at radius 2 is 1.26 bits per heavy atom. The molecule has 54 heavy (non-hydrogen) atoms. The van der Waals surface area contributed by atoms with Crippen molar-refractivity contribution in [2.45, 2.75) is 41.0 Å². The highest BCUT2D eigenvalue weighted by Gasteiger charge is 2.16. The lowest BCUT2D eigenvalue weighted by atomic mass is 9.96. The van der Waals surface area contributed by atoms with Gasteiger partial charge in [-0.15, -0.1) is 6.58 Å². The van der Waals surface area contributed by atoms with Gasteiger partial charge in [0, 0.05) is 16.5 Å². The fourth-order valence-electron chi connectivity index (χ4n) is 6.95. The number of hydrogen-bond acceptors (Lipinski definition) is 0. The van der Waals surface area contributed by atoms with Gasteiger partial charge in [-0.1, -0.05) is 170 Å². The van der Waals surface area contributed by atoms with Gasteiger partial charge in [-0.3, -0.25) is 0 Å². The molecule has 0 amide bonds. The Hall–Kier alpha value is -6.18. The monoisotopic (exact) mass is 701 g/mol. The predicted octanol–water partition coefficient (Wildman–Crippen LogP) is 14.9. The number of benzene rings is 6. The second kappa shape index (κ2) is 18.0. The number of para-hydroxylation sites is 1. The third-order valence-corrected chi connectivity index (χ3v) is 10.00. The molecule has 0 aliphatic heterocycles. The summed E-state index contributed by atoms with van der Waals surface area (Å²) in [6.07, 6.45) is 18.1. The molecule has 6 aromatic carbocycles. The van der Waals surface area contributed by atoms with E-state index in [0.717, 1.165) is 6.42 Å². The third-order valence-electron chi connectivity index (χ3n) is 10.00. The van der Waals surface area contributed by atoms with Gasteiger partial charge in [-0.05, 0) is 115 Å². The molecule has 7 aromatic rings. The Morgan fingerprint density at radius 1 is 0.667 bits per heavy atom. The number of aromatic nitrogens is 1. The van der Waals surface area contributed by atoms with E-state index in [1.165, 1.54) is 77.6 Å². The highest BCUT2D eigenvalue weighted by molar-refractivity contribution is 6.14. The van der Waals surface area contributed by atoms with Crippen LogP contribution < -0.4 is 0 Å². The smallest absolute Gasteiger partial charge is 0.0547 e. The van der Waals surface area contributed by atoms with Gasteiger partial charge in [0.2, 0.25) is 0 Å². The molecule has 0 aliphatic rings. The molecule has 268 valence electrons. The zero-order chi connectivity index (χ0) is 37.9. The highest BCUT2D eigenvalue weighted by Crippen LogP contribution is 2.38. The van der Waals surface area contributed by atoms with Crippen molar-refractivity contribution in [1.82, 2.24) is 4.57 Å². The first kappa shape index (κ1) is 37.6. The lowest BCUT2D eigenvalue weighted by molar-refractivity contribution is 0.894. The van der Waals surface area contributed by atoms with Gasteiger partial charge in [-0.2, -0.15) is 0 Å². The molecule has 1 nitrogen and oxygen atoms in total. The van der Waals surface area contributed by atoms with Gasteiger partial charge in [0.1, 0.15) is 0 Å². The summed E-state index contributed by atoms with van der Waals surface area (Å²) in [5, 5.41) is 2.58. The van der Waals surface area contributed by atoms with Crippen molar-refractivity contribution in [3.05, 3.63) is 216 Å². The van der Waals surface area contributed by atoms with Gasteiger partial charge < -0.3 is 4.57 Å². The number of nitrogens with zero attached hydrogens (tertiary/aromatic N) is 1. The van der Waals surface area contributed by atoms with Crippen LogP contribution in [0.4, 0.5) is 0 Å². The minimum Gasteiger partial charge on any atom is -0.309 e. The van der Waals surface area contributed by atoms with Crippen molar-refractivity contribution in [3.63, 3.8) is 0 Å². The molecule has 1 heteroatoms. The van der Waals surface area contributed by atoms with E-state index >= 15 is 0 Å². The van der Waals surface area contributed by atoms with Crippen LogP contribution in [0.5, 0.6) is 0 Å². The molecule has 0 fully saturated rings.